The van der Waals surface area contributed by atoms with Gasteiger partial charge in [0.2, 0.25) is 0 Å². The van der Waals surface area contributed by atoms with E-state index in [9.17, 15) is 18.5 Å². The Hall–Kier alpha value is -1.47. The van der Waals surface area contributed by atoms with Gasteiger partial charge in [0.25, 0.3) is 5.69 Å². The van der Waals surface area contributed by atoms with Crippen molar-refractivity contribution in [1.82, 2.24) is 5.32 Å². The monoisotopic (exact) mass is 300 g/mol. The minimum atomic E-state index is -3.39. The third kappa shape index (κ3) is 4.90. The molecule has 0 aliphatic carbocycles. The number of benzene rings is 1. The molecular weight excluding hydrogens is 280 g/mol. The summed E-state index contributed by atoms with van der Waals surface area (Å²) >= 11 is 0. The van der Waals surface area contributed by atoms with Gasteiger partial charge in [-0.05, 0) is 38.4 Å². The lowest BCUT2D eigenvalue weighted by molar-refractivity contribution is -0.384. The van der Waals surface area contributed by atoms with Crippen LogP contribution in [0, 0.1) is 10.1 Å². The average molecular weight is 300 g/mol. The van der Waals surface area contributed by atoms with Crippen molar-refractivity contribution in [1.29, 1.82) is 0 Å². The van der Waals surface area contributed by atoms with E-state index in [0.29, 0.717) is 6.42 Å². The van der Waals surface area contributed by atoms with E-state index in [1.54, 1.807) is 0 Å². The minimum absolute atomic E-state index is 0.0304. The number of sulfone groups is 1. The summed E-state index contributed by atoms with van der Waals surface area (Å²) in [6, 6.07) is 5.13. The Bertz CT molecular complexity index is 540. The number of nitro benzene ring substituents is 1. The Morgan fingerprint density at radius 1 is 1.30 bits per heavy atom. The van der Waals surface area contributed by atoms with Crippen LogP contribution in [-0.2, 0) is 9.84 Å². The molecule has 0 saturated carbocycles. The first kappa shape index (κ1) is 16.6. The highest BCUT2D eigenvalue weighted by Crippen LogP contribution is 2.17. The standard InChI is InChI=1S/C13H20N2O4S/c1-3-9-14-11(2)8-10-20(18,19)13-6-4-12(5-7-13)15(16)17/h4-7,11,14H,3,8-10H2,1-2H3. The minimum Gasteiger partial charge on any atom is -0.314 e. The van der Waals surface area contributed by atoms with Crippen LogP contribution < -0.4 is 5.32 Å². The topological polar surface area (TPSA) is 89.3 Å². The maximum absolute atomic E-state index is 12.1. The smallest absolute Gasteiger partial charge is 0.269 e. The summed E-state index contributed by atoms with van der Waals surface area (Å²) in [5.41, 5.74) is -0.109. The summed E-state index contributed by atoms with van der Waals surface area (Å²) in [7, 11) is -3.39. The molecule has 1 aromatic rings. The van der Waals surface area contributed by atoms with Crippen LogP contribution in [-0.4, -0.2) is 31.7 Å². The van der Waals surface area contributed by atoms with Gasteiger partial charge in [0.05, 0.1) is 15.6 Å². The van der Waals surface area contributed by atoms with Crippen molar-refractivity contribution in [3.05, 3.63) is 34.4 Å². The molecule has 0 fully saturated rings. The first-order valence-electron chi connectivity index (χ1n) is 6.57. The zero-order chi connectivity index (χ0) is 15.2. The van der Waals surface area contributed by atoms with Gasteiger partial charge in [-0.1, -0.05) is 6.92 Å². The Balaban J connectivity index is 2.66. The van der Waals surface area contributed by atoms with Crippen molar-refractivity contribution in [2.24, 2.45) is 0 Å². The average Bonchev–Trinajstić information content (AvgIpc) is 2.43. The van der Waals surface area contributed by atoms with E-state index < -0.39 is 14.8 Å². The lowest BCUT2D eigenvalue weighted by atomic mass is 10.2. The quantitative estimate of drug-likeness (QED) is 0.587. The van der Waals surface area contributed by atoms with Crippen molar-refractivity contribution in [2.75, 3.05) is 12.3 Å². The fourth-order valence-electron chi connectivity index (χ4n) is 1.72. The van der Waals surface area contributed by atoms with Gasteiger partial charge in [-0.3, -0.25) is 10.1 Å². The van der Waals surface area contributed by atoms with Gasteiger partial charge < -0.3 is 5.32 Å². The SMILES string of the molecule is CCCNC(C)CCS(=O)(=O)c1ccc([N+](=O)[O-])cc1. The van der Waals surface area contributed by atoms with Crippen LogP contribution >= 0.6 is 0 Å². The molecule has 0 heterocycles. The fraction of sp³-hybridized carbons (Fsp3) is 0.538. The normalized spacial score (nSPS) is 13.1. The molecule has 6 nitrogen and oxygen atoms in total. The van der Waals surface area contributed by atoms with Gasteiger partial charge in [0.15, 0.2) is 9.84 Å². The number of hydrogen-bond donors (Lipinski definition) is 1. The van der Waals surface area contributed by atoms with Gasteiger partial charge in [-0.25, -0.2) is 8.42 Å². The molecule has 1 atom stereocenters. The second kappa shape index (κ2) is 7.35. The van der Waals surface area contributed by atoms with Crippen molar-refractivity contribution < 1.29 is 13.3 Å². The van der Waals surface area contributed by atoms with Gasteiger partial charge in [0.1, 0.15) is 0 Å². The van der Waals surface area contributed by atoms with Crippen LogP contribution in [0.5, 0.6) is 0 Å². The molecule has 0 aliphatic heterocycles. The van der Waals surface area contributed by atoms with Gasteiger partial charge >= 0.3 is 0 Å². The summed E-state index contributed by atoms with van der Waals surface area (Å²) in [5.74, 6) is 0.0304. The molecule has 7 heteroatoms. The molecule has 20 heavy (non-hydrogen) atoms. The van der Waals surface area contributed by atoms with Crippen LogP contribution in [0.15, 0.2) is 29.2 Å². The summed E-state index contributed by atoms with van der Waals surface area (Å²) in [4.78, 5) is 10.1. The fourth-order valence-corrected chi connectivity index (χ4v) is 3.17. The third-order valence-electron chi connectivity index (χ3n) is 2.97. The highest BCUT2D eigenvalue weighted by Gasteiger charge is 2.17. The van der Waals surface area contributed by atoms with E-state index in [2.05, 4.69) is 5.32 Å². The van der Waals surface area contributed by atoms with Gasteiger partial charge in [-0.15, -0.1) is 0 Å². The molecule has 0 aliphatic rings. The lowest BCUT2D eigenvalue weighted by Crippen LogP contribution is -2.28. The predicted octanol–water partition coefficient (Wildman–Crippen LogP) is 2.15. The Morgan fingerprint density at radius 2 is 1.90 bits per heavy atom. The maximum atomic E-state index is 12.1. The van der Waals surface area contributed by atoms with Gasteiger partial charge in [0, 0.05) is 18.2 Å². The summed E-state index contributed by atoms with van der Waals surface area (Å²) in [6.45, 7) is 4.85. The number of rotatable bonds is 8. The van der Waals surface area contributed by atoms with Crippen molar-refractivity contribution in [2.45, 2.75) is 37.6 Å². The molecule has 1 aromatic carbocycles. The molecule has 0 saturated heterocycles. The molecule has 0 amide bonds. The molecule has 1 rings (SSSR count). The first-order valence-corrected chi connectivity index (χ1v) is 8.22. The van der Waals surface area contributed by atoms with Crippen molar-refractivity contribution in [3.63, 3.8) is 0 Å². The largest absolute Gasteiger partial charge is 0.314 e. The highest BCUT2D eigenvalue weighted by molar-refractivity contribution is 7.91. The van der Waals surface area contributed by atoms with E-state index in [1.165, 1.54) is 24.3 Å². The van der Waals surface area contributed by atoms with Crippen LogP contribution in [0.25, 0.3) is 0 Å². The molecular formula is C13H20N2O4S. The van der Waals surface area contributed by atoms with E-state index in [0.717, 1.165) is 13.0 Å². The molecule has 1 N–H and O–H groups in total. The second-order valence-corrected chi connectivity index (χ2v) is 6.82. The molecule has 0 spiro atoms. The number of nitrogens with zero attached hydrogens (tertiary/aromatic N) is 1. The van der Waals surface area contributed by atoms with Crippen LogP contribution in [0.2, 0.25) is 0 Å². The Morgan fingerprint density at radius 3 is 2.40 bits per heavy atom. The molecule has 0 radical (unpaired) electrons. The van der Waals surface area contributed by atoms with Gasteiger partial charge in [-0.2, -0.15) is 0 Å². The molecule has 1 unspecified atom stereocenters. The Kier molecular flexibility index (Phi) is 6.09. The van der Waals surface area contributed by atoms with Crippen LogP contribution in [0.4, 0.5) is 5.69 Å². The summed E-state index contributed by atoms with van der Waals surface area (Å²) in [5, 5.41) is 13.8. The summed E-state index contributed by atoms with van der Waals surface area (Å²) < 4.78 is 24.2. The van der Waals surface area contributed by atoms with E-state index in [4.69, 9.17) is 0 Å². The van der Waals surface area contributed by atoms with Crippen molar-refractivity contribution in [3.8, 4) is 0 Å². The van der Waals surface area contributed by atoms with E-state index in [-0.39, 0.29) is 22.4 Å². The molecule has 112 valence electrons. The molecule has 0 aromatic heterocycles. The predicted molar refractivity (Wildman–Crippen MR) is 77.5 cm³/mol. The number of nitrogens with one attached hydrogen (secondary N) is 1. The maximum Gasteiger partial charge on any atom is 0.269 e. The number of hydrogen-bond acceptors (Lipinski definition) is 5. The number of nitro groups is 1. The van der Waals surface area contributed by atoms with Crippen molar-refractivity contribution >= 4 is 15.5 Å². The zero-order valence-corrected chi connectivity index (χ0v) is 12.5. The van der Waals surface area contributed by atoms with Crippen LogP contribution in [0.1, 0.15) is 26.7 Å². The van der Waals surface area contributed by atoms with Crippen LogP contribution in [0.3, 0.4) is 0 Å². The first-order chi connectivity index (χ1) is 9.36. The van der Waals surface area contributed by atoms with E-state index in [1.807, 2.05) is 13.8 Å². The lowest BCUT2D eigenvalue weighted by Gasteiger charge is -2.13. The zero-order valence-electron chi connectivity index (χ0n) is 11.7. The highest BCUT2D eigenvalue weighted by atomic mass is 32.2. The third-order valence-corrected chi connectivity index (χ3v) is 4.73. The van der Waals surface area contributed by atoms with E-state index >= 15 is 0 Å². The summed E-state index contributed by atoms with van der Waals surface area (Å²) in [6.07, 6.45) is 1.51. The molecule has 0 bridgehead atoms. The Labute approximate surface area is 119 Å². The number of non-ortho nitro benzene ring substituents is 1. The second-order valence-electron chi connectivity index (χ2n) is 4.71.